The Hall–Kier alpha value is -4.37. The average Bonchev–Trinajstić information content (AvgIpc) is 3.65. The first-order chi connectivity index (χ1) is 20.5. The van der Waals surface area contributed by atoms with Gasteiger partial charge in [-0.15, -0.1) is 0 Å². The van der Waals surface area contributed by atoms with Crippen LogP contribution in [0.15, 0.2) is 66.9 Å². The molecule has 42 heavy (non-hydrogen) atoms. The SMILES string of the molecule is COC(=O)c1c(NC(=O)[C@H]2CCOC2)c2cc(N[C@H](C)Cc3cccc(OC)c3)cnc2n1CCCc1ccccc1. The Balaban J connectivity index is 1.47. The van der Waals surface area contributed by atoms with Gasteiger partial charge in [-0.05, 0) is 61.9 Å². The summed E-state index contributed by atoms with van der Waals surface area (Å²) in [5.74, 6) is -0.152. The van der Waals surface area contributed by atoms with Crippen molar-refractivity contribution in [2.75, 3.05) is 38.1 Å². The molecule has 1 aliphatic heterocycles. The molecule has 1 fully saturated rings. The van der Waals surface area contributed by atoms with Crippen molar-refractivity contribution < 1.29 is 23.8 Å². The van der Waals surface area contributed by atoms with Crippen LogP contribution in [-0.2, 0) is 33.7 Å². The highest BCUT2D eigenvalue weighted by Crippen LogP contribution is 2.34. The Bertz CT molecular complexity index is 1530. The number of pyridine rings is 1. The van der Waals surface area contributed by atoms with Gasteiger partial charge in [0.25, 0.3) is 0 Å². The summed E-state index contributed by atoms with van der Waals surface area (Å²) < 4.78 is 17.9. The molecule has 3 heterocycles. The quantitative estimate of drug-likeness (QED) is 0.217. The second-order valence-electron chi connectivity index (χ2n) is 10.7. The molecule has 2 aromatic carbocycles. The van der Waals surface area contributed by atoms with Gasteiger partial charge in [0.1, 0.15) is 11.4 Å². The molecule has 4 aromatic rings. The number of ether oxygens (including phenoxy) is 3. The predicted molar refractivity (Wildman–Crippen MR) is 163 cm³/mol. The van der Waals surface area contributed by atoms with Crippen LogP contribution in [0.5, 0.6) is 5.75 Å². The minimum atomic E-state index is -0.522. The molecule has 1 saturated heterocycles. The van der Waals surface area contributed by atoms with Gasteiger partial charge in [-0.1, -0.05) is 42.5 Å². The molecule has 2 N–H and O–H groups in total. The number of aromatic nitrogens is 2. The molecule has 1 aliphatic rings. The first-order valence-corrected chi connectivity index (χ1v) is 14.4. The standard InChI is InChI=1S/C33H38N4O5/c1-22(17-24-11-7-13-27(18-24)40-2)35-26-19-28-29(36-32(38)25-14-16-42-21-25)30(33(39)41-3)37(31(28)34-20-26)15-8-12-23-9-5-4-6-10-23/h4-7,9-11,13,18-20,22,25,35H,8,12,14-17,21H2,1-3H3,(H,36,38)/t22-,25+/m1/s1. The van der Waals surface area contributed by atoms with Crippen molar-refractivity contribution in [1.82, 2.24) is 9.55 Å². The Morgan fingerprint density at radius 3 is 2.64 bits per heavy atom. The number of hydrogen-bond acceptors (Lipinski definition) is 7. The molecule has 0 bridgehead atoms. The fourth-order valence-corrected chi connectivity index (χ4v) is 5.50. The zero-order valence-electron chi connectivity index (χ0n) is 24.4. The Labute approximate surface area is 246 Å². The van der Waals surface area contributed by atoms with Gasteiger partial charge >= 0.3 is 5.97 Å². The Kier molecular flexibility index (Phi) is 9.38. The van der Waals surface area contributed by atoms with Gasteiger partial charge < -0.3 is 29.4 Å². The van der Waals surface area contributed by atoms with Gasteiger partial charge in [0.2, 0.25) is 5.91 Å². The first-order valence-electron chi connectivity index (χ1n) is 14.4. The molecular formula is C33H38N4O5. The van der Waals surface area contributed by atoms with Gasteiger partial charge in [0.05, 0.1) is 44.3 Å². The highest BCUT2D eigenvalue weighted by Gasteiger charge is 2.30. The van der Waals surface area contributed by atoms with E-state index in [1.165, 1.54) is 12.7 Å². The van der Waals surface area contributed by atoms with E-state index in [4.69, 9.17) is 19.2 Å². The van der Waals surface area contributed by atoms with Gasteiger partial charge in [0.15, 0.2) is 5.69 Å². The molecule has 5 rings (SSSR count). The van der Waals surface area contributed by atoms with Crippen LogP contribution in [0.2, 0.25) is 0 Å². The Morgan fingerprint density at radius 1 is 1.10 bits per heavy atom. The summed E-state index contributed by atoms with van der Waals surface area (Å²) >= 11 is 0. The third kappa shape index (κ3) is 6.74. The smallest absolute Gasteiger partial charge is 0.356 e. The van der Waals surface area contributed by atoms with Gasteiger partial charge in [-0.3, -0.25) is 4.79 Å². The van der Waals surface area contributed by atoms with Crippen LogP contribution in [0.3, 0.4) is 0 Å². The van der Waals surface area contributed by atoms with Crippen molar-refractivity contribution in [3.63, 3.8) is 0 Å². The number of anilines is 2. The molecule has 1 amide bonds. The zero-order valence-corrected chi connectivity index (χ0v) is 24.4. The van der Waals surface area contributed by atoms with E-state index in [1.807, 2.05) is 47.0 Å². The van der Waals surface area contributed by atoms with Crippen LogP contribution in [0.1, 0.15) is 41.4 Å². The van der Waals surface area contributed by atoms with E-state index in [2.05, 4.69) is 35.8 Å². The number of rotatable bonds is 12. The fraction of sp³-hybridized carbons (Fsp3) is 0.364. The topological polar surface area (TPSA) is 104 Å². The van der Waals surface area contributed by atoms with Gasteiger partial charge in [0, 0.05) is 24.6 Å². The van der Waals surface area contributed by atoms with E-state index < -0.39 is 5.97 Å². The maximum absolute atomic E-state index is 13.2. The molecule has 2 atom stereocenters. The van der Waals surface area contributed by atoms with E-state index in [0.717, 1.165) is 36.3 Å². The monoisotopic (exact) mass is 570 g/mol. The summed E-state index contributed by atoms with van der Waals surface area (Å²) in [6, 6.07) is 20.3. The van der Waals surface area contributed by atoms with Crippen molar-refractivity contribution in [3.05, 3.63) is 83.7 Å². The summed E-state index contributed by atoms with van der Waals surface area (Å²) in [5.41, 5.74) is 4.48. The van der Waals surface area contributed by atoms with Crippen molar-refractivity contribution in [2.45, 2.75) is 45.2 Å². The lowest BCUT2D eigenvalue weighted by Crippen LogP contribution is -2.24. The molecule has 0 aliphatic carbocycles. The van der Waals surface area contributed by atoms with Crippen LogP contribution in [0.25, 0.3) is 11.0 Å². The number of amides is 1. The number of benzene rings is 2. The average molecular weight is 571 g/mol. The van der Waals surface area contributed by atoms with Crippen molar-refractivity contribution in [2.24, 2.45) is 5.92 Å². The largest absolute Gasteiger partial charge is 0.497 e. The molecule has 0 unspecified atom stereocenters. The number of carbonyl (C=O) groups is 2. The number of nitrogens with one attached hydrogen (secondary N) is 2. The normalized spacial score (nSPS) is 15.4. The highest BCUT2D eigenvalue weighted by molar-refractivity contribution is 6.11. The molecular weight excluding hydrogens is 532 g/mol. The van der Waals surface area contributed by atoms with E-state index in [0.29, 0.717) is 48.6 Å². The third-order valence-electron chi connectivity index (χ3n) is 7.60. The van der Waals surface area contributed by atoms with Crippen molar-refractivity contribution in [1.29, 1.82) is 0 Å². The van der Waals surface area contributed by atoms with Crippen LogP contribution in [0.4, 0.5) is 11.4 Å². The van der Waals surface area contributed by atoms with E-state index in [9.17, 15) is 9.59 Å². The van der Waals surface area contributed by atoms with Crippen LogP contribution >= 0.6 is 0 Å². The van der Waals surface area contributed by atoms with Crippen molar-refractivity contribution in [3.8, 4) is 5.75 Å². The number of methoxy groups -OCH3 is 2. The highest BCUT2D eigenvalue weighted by atomic mass is 16.5. The number of nitrogens with zero attached hydrogens (tertiary/aromatic N) is 2. The lowest BCUT2D eigenvalue weighted by molar-refractivity contribution is -0.119. The number of aryl methyl sites for hydroxylation is 2. The van der Waals surface area contributed by atoms with E-state index in [-0.39, 0.29) is 17.9 Å². The molecule has 220 valence electrons. The minimum absolute atomic E-state index is 0.0815. The van der Waals surface area contributed by atoms with Crippen LogP contribution < -0.4 is 15.4 Å². The summed E-state index contributed by atoms with van der Waals surface area (Å²) in [5, 5.41) is 7.26. The summed E-state index contributed by atoms with van der Waals surface area (Å²) in [6.07, 6.45) is 4.80. The van der Waals surface area contributed by atoms with E-state index in [1.54, 1.807) is 13.3 Å². The minimum Gasteiger partial charge on any atom is -0.497 e. The third-order valence-corrected chi connectivity index (χ3v) is 7.60. The van der Waals surface area contributed by atoms with Crippen LogP contribution in [-0.4, -0.2) is 54.9 Å². The molecule has 2 aromatic heterocycles. The second-order valence-corrected chi connectivity index (χ2v) is 10.7. The molecule has 9 heteroatoms. The van der Waals surface area contributed by atoms with Crippen molar-refractivity contribution >= 4 is 34.3 Å². The number of hydrogen-bond donors (Lipinski definition) is 2. The molecule has 0 spiro atoms. The molecule has 0 saturated carbocycles. The molecule has 0 radical (unpaired) electrons. The number of carbonyl (C=O) groups excluding carboxylic acids is 2. The lowest BCUT2D eigenvalue weighted by Gasteiger charge is -2.16. The second kappa shape index (κ2) is 13.5. The zero-order chi connectivity index (χ0) is 29.5. The fourth-order valence-electron chi connectivity index (χ4n) is 5.50. The predicted octanol–water partition coefficient (Wildman–Crippen LogP) is 5.48. The Morgan fingerprint density at radius 2 is 1.90 bits per heavy atom. The number of esters is 1. The first kappa shape index (κ1) is 29.1. The van der Waals surface area contributed by atoms with E-state index >= 15 is 0 Å². The molecule has 9 nitrogen and oxygen atoms in total. The summed E-state index contributed by atoms with van der Waals surface area (Å²) in [7, 11) is 3.01. The lowest BCUT2D eigenvalue weighted by atomic mass is 10.1. The van der Waals surface area contributed by atoms with Gasteiger partial charge in [-0.2, -0.15) is 0 Å². The van der Waals surface area contributed by atoms with Crippen LogP contribution in [0, 0.1) is 5.92 Å². The maximum Gasteiger partial charge on any atom is 0.356 e. The van der Waals surface area contributed by atoms with Gasteiger partial charge in [-0.25, -0.2) is 9.78 Å². The maximum atomic E-state index is 13.2. The summed E-state index contributed by atoms with van der Waals surface area (Å²) in [4.78, 5) is 31.2. The summed E-state index contributed by atoms with van der Waals surface area (Å²) in [6.45, 7) is 3.54. The number of fused-ring (bicyclic) bond motifs is 1.